The van der Waals surface area contributed by atoms with Gasteiger partial charge in [0.05, 0.1) is 6.10 Å². The van der Waals surface area contributed by atoms with Gasteiger partial charge in [-0.25, -0.2) is 4.39 Å². The van der Waals surface area contributed by atoms with E-state index in [0.717, 1.165) is 11.4 Å². The normalized spacial score (nSPS) is 12.2. The van der Waals surface area contributed by atoms with Gasteiger partial charge in [0.15, 0.2) is 0 Å². The van der Waals surface area contributed by atoms with Crippen LogP contribution in [0.25, 0.3) is 0 Å². The highest BCUT2D eigenvalue weighted by molar-refractivity contribution is 5.64. The Morgan fingerprint density at radius 1 is 1.05 bits per heavy atom. The minimum absolute atomic E-state index is 0.0430. The number of aliphatic hydroxyl groups is 1. The lowest BCUT2D eigenvalue weighted by Gasteiger charge is -2.20. The van der Waals surface area contributed by atoms with Gasteiger partial charge in [0.1, 0.15) is 11.6 Å². The van der Waals surface area contributed by atoms with Gasteiger partial charge in [0, 0.05) is 30.1 Å². The smallest absolute Gasteiger partial charge is 0.123 e. The summed E-state index contributed by atoms with van der Waals surface area (Å²) in [6.45, 7) is 1.60. The van der Waals surface area contributed by atoms with Crippen molar-refractivity contribution in [3.63, 3.8) is 0 Å². The minimum atomic E-state index is -0.717. The predicted molar refractivity (Wildman–Crippen MR) is 73.2 cm³/mol. The molecule has 100 valence electrons. The van der Waals surface area contributed by atoms with Crippen LogP contribution in [-0.4, -0.2) is 17.3 Å². The van der Waals surface area contributed by atoms with Gasteiger partial charge >= 0.3 is 0 Å². The Balaban J connectivity index is 2.31. The number of phenols is 1. The van der Waals surface area contributed by atoms with E-state index in [2.05, 4.69) is 0 Å². The van der Waals surface area contributed by atoms with Gasteiger partial charge in [-0.2, -0.15) is 0 Å². The second-order valence-corrected chi connectivity index (χ2v) is 4.45. The molecule has 0 radical (unpaired) electrons. The highest BCUT2D eigenvalue weighted by atomic mass is 19.1. The van der Waals surface area contributed by atoms with E-state index in [1.807, 2.05) is 11.9 Å². The molecule has 3 nitrogen and oxygen atoms in total. The van der Waals surface area contributed by atoms with Crippen LogP contribution in [0, 0.1) is 5.82 Å². The van der Waals surface area contributed by atoms with Crippen LogP contribution in [-0.2, 0) is 0 Å². The second kappa shape index (κ2) is 5.28. The van der Waals surface area contributed by atoms with Gasteiger partial charge in [-0.05, 0) is 37.3 Å². The van der Waals surface area contributed by atoms with E-state index in [1.54, 1.807) is 37.3 Å². The summed E-state index contributed by atoms with van der Waals surface area (Å²) in [5.74, 6) is -0.245. The van der Waals surface area contributed by atoms with E-state index in [-0.39, 0.29) is 11.6 Å². The Kier molecular flexibility index (Phi) is 3.71. The van der Waals surface area contributed by atoms with Crippen molar-refractivity contribution >= 4 is 11.4 Å². The Hall–Kier alpha value is -2.07. The molecule has 0 saturated carbocycles. The third-order valence-corrected chi connectivity index (χ3v) is 3.07. The number of hydrogen-bond donors (Lipinski definition) is 2. The van der Waals surface area contributed by atoms with Crippen molar-refractivity contribution in [2.24, 2.45) is 0 Å². The lowest BCUT2D eigenvalue weighted by molar-refractivity contribution is 0.195. The van der Waals surface area contributed by atoms with Gasteiger partial charge in [-0.15, -0.1) is 0 Å². The Morgan fingerprint density at radius 3 is 2.16 bits per heavy atom. The Labute approximate surface area is 111 Å². The maximum Gasteiger partial charge on any atom is 0.123 e. The summed E-state index contributed by atoms with van der Waals surface area (Å²) in [6, 6.07) is 11.1. The molecule has 2 aromatic carbocycles. The fourth-order valence-electron chi connectivity index (χ4n) is 1.91. The molecule has 4 heteroatoms. The summed E-state index contributed by atoms with van der Waals surface area (Å²) in [5, 5.41) is 19.3. The van der Waals surface area contributed by atoms with Crippen LogP contribution in [0.2, 0.25) is 0 Å². The number of aromatic hydroxyl groups is 1. The molecule has 0 fully saturated rings. The maximum atomic E-state index is 12.9. The lowest BCUT2D eigenvalue weighted by Crippen LogP contribution is -2.09. The van der Waals surface area contributed by atoms with Crippen molar-refractivity contribution < 1.29 is 14.6 Å². The molecule has 2 aromatic rings. The molecule has 0 aliphatic rings. The van der Waals surface area contributed by atoms with Gasteiger partial charge in [-0.3, -0.25) is 0 Å². The average molecular weight is 261 g/mol. The molecule has 0 spiro atoms. The van der Waals surface area contributed by atoms with E-state index >= 15 is 0 Å². The van der Waals surface area contributed by atoms with Crippen molar-refractivity contribution in [3.8, 4) is 5.75 Å². The molecule has 1 unspecified atom stereocenters. The molecule has 19 heavy (non-hydrogen) atoms. The van der Waals surface area contributed by atoms with Gasteiger partial charge in [0.2, 0.25) is 0 Å². The SMILES string of the molecule is CC(O)c1ccc(N(C)c2ccc(F)cc2)cc1O. The zero-order valence-corrected chi connectivity index (χ0v) is 10.8. The zero-order valence-electron chi connectivity index (χ0n) is 10.8. The third kappa shape index (κ3) is 2.85. The monoisotopic (exact) mass is 261 g/mol. The number of halogens is 1. The number of hydrogen-bond acceptors (Lipinski definition) is 3. The van der Waals surface area contributed by atoms with Crippen molar-refractivity contribution in [2.75, 3.05) is 11.9 Å². The van der Waals surface area contributed by atoms with Crippen LogP contribution in [0.1, 0.15) is 18.6 Å². The molecule has 0 aromatic heterocycles. The largest absolute Gasteiger partial charge is 0.507 e. The Bertz CT molecular complexity index is 567. The summed E-state index contributed by atoms with van der Waals surface area (Å²) in [5.41, 5.74) is 2.05. The number of benzene rings is 2. The first-order valence-corrected chi connectivity index (χ1v) is 5.99. The fourth-order valence-corrected chi connectivity index (χ4v) is 1.91. The van der Waals surface area contributed by atoms with Crippen LogP contribution in [0.15, 0.2) is 42.5 Å². The summed E-state index contributed by atoms with van der Waals surface area (Å²) in [6.07, 6.45) is -0.717. The van der Waals surface area contributed by atoms with E-state index < -0.39 is 6.10 Å². The zero-order chi connectivity index (χ0) is 14.0. The third-order valence-electron chi connectivity index (χ3n) is 3.07. The summed E-state index contributed by atoms with van der Waals surface area (Å²) < 4.78 is 12.9. The van der Waals surface area contributed by atoms with Crippen LogP contribution in [0.3, 0.4) is 0 Å². The number of anilines is 2. The highest BCUT2D eigenvalue weighted by Crippen LogP contribution is 2.31. The van der Waals surface area contributed by atoms with E-state index in [4.69, 9.17) is 0 Å². The van der Waals surface area contributed by atoms with Gasteiger partial charge in [0.25, 0.3) is 0 Å². The molecule has 0 amide bonds. The molecule has 2 N–H and O–H groups in total. The van der Waals surface area contributed by atoms with Gasteiger partial charge < -0.3 is 15.1 Å². The fraction of sp³-hybridized carbons (Fsp3) is 0.200. The number of phenolic OH excluding ortho intramolecular Hbond substituents is 1. The molecule has 0 heterocycles. The molecule has 0 aliphatic carbocycles. The Morgan fingerprint density at radius 2 is 1.63 bits per heavy atom. The van der Waals surface area contributed by atoms with Gasteiger partial charge in [-0.1, -0.05) is 6.07 Å². The minimum Gasteiger partial charge on any atom is -0.507 e. The first kappa shape index (κ1) is 13.4. The van der Waals surface area contributed by atoms with Crippen molar-refractivity contribution in [1.29, 1.82) is 0 Å². The summed E-state index contributed by atoms with van der Waals surface area (Å²) in [7, 11) is 1.82. The standard InChI is InChI=1S/C15H16FNO2/c1-10(18)14-8-7-13(9-15(14)19)17(2)12-5-3-11(16)4-6-12/h3-10,18-19H,1-2H3. The molecular formula is C15H16FNO2. The first-order chi connectivity index (χ1) is 8.99. The average Bonchev–Trinajstić information content (AvgIpc) is 2.38. The van der Waals surface area contributed by atoms with E-state index in [0.29, 0.717) is 5.56 Å². The van der Waals surface area contributed by atoms with Crippen LogP contribution in [0.4, 0.5) is 15.8 Å². The topological polar surface area (TPSA) is 43.7 Å². The number of aliphatic hydroxyl groups excluding tert-OH is 1. The van der Waals surface area contributed by atoms with E-state index in [1.165, 1.54) is 12.1 Å². The lowest BCUT2D eigenvalue weighted by atomic mass is 10.1. The van der Waals surface area contributed by atoms with Crippen molar-refractivity contribution in [3.05, 3.63) is 53.8 Å². The molecule has 0 saturated heterocycles. The quantitative estimate of drug-likeness (QED) is 0.890. The predicted octanol–water partition coefficient (Wildman–Crippen LogP) is 3.35. The molecular weight excluding hydrogens is 245 g/mol. The highest BCUT2D eigenvalue weighted by Gasteiger charge is 2.10. The van der Waals surface area contributed by atoms with Crippen molar-refractivity contribution in [2.45, 2.75) is 13.0 Å². The number of rotatable bonds is 3. The van der Waals surface area contributed by atoms with Crippen LogP contribution < -0.4 is 4.90 Å². The molecule has 0 bridgehead atoms. The van der Waals surface area contributed by atoms with Crippen LogP contribution >= 0.6 is 0 Å². The molecule has 2 rings (SSSR count). The van der Waals surface area contributed by atoms with E-state index in [9.17, 15) is 14.6 Å². The molecule has 0 aliphatic heterocycles. The molecule has 1 atom stereocenters. The summed E-state index contributed by atoms with van der Waals surface area (Å²) in [4.78, 5) is 1.82. The first-order valence-electron chi connectivity index (χ1n) is 5.99. The van der Waals surface area contributed by atoms with Crippen LogP contribution in [0.5, 0.6) is 5.75 Å². The maximum absolute atomic E-state index is 12.9. The summed E-state index contributed by atoms with van der Waals surface area (Å²) >= 11 is 0. The van der Waals surface area contributed by atoms with Crippen molar-refractivity contribution in [1.82, 2.24) is 0 Å². The second-order valence-electron chi connectivity index (χ2n) is 4.45. The number of nitrogens with zero attached hydrogens (tertiary/aromatic N) is 1.